The molecule has 19 heavy (non-hydrogen) atoms. The van der Waals surface area contributed by atoms with Crippen molar-refractivity contribution in [1.29, 1.82) is 0 Å². The van der Waals surface area contributed by atoms with Crippen molar-refractivity contribution in [2.24, 2.45) is 0 Å². The largest absolute Gasteiger partial charge is 0.497 e. The fraction of sp³-hybridized carbons (Fsp3) is 0.571. The van der Waals surface area contributed by atoms with E-state index in [1.165, 1.54) is 0 Å². The molecule has 1 aromatic rings. The van der Waals surface area contributed by atoms with Crippen LogP contribution in [0.5, 0.6) is 5.75 Å². The molecule has 0 heterocycles. The predicted molar refractivity (Wildman–Crippen MR) is 78.3 cm³/mol. The van der Waals surface area contributed by atoms with E-state index >= 15 is 0 Å². The minimum Gasteiger partial charge on any atom is -0.497 e. The highest BCUT2D eigenvalue weighted by Gasteiger charge is 2.16. The monoisotopic (exact) mass is 285 g/mol. The lowest BCUT2D eigenvalue weighted by atomic mass is 10.1. The van der Waals surface area contributed by atoms with Crippen molar-refractivity contribution in [2.75, 3.05) is 18.6 Å². The summed E-state index contributed by atoms with van der Waals surface area (Å²) < 4.78 is 28.3. The number of rotatable bonds is 7. The smallest absolute Gasteiger partial charge is 0.151 e. The first-order valence-electron chi connectivity index (χ1n) is 6.48. The highest BCUT2D eigenvalue weighted by atomic mass is 32.2. The molecule has 0 aromatic heterocycles. The summed E-state index contributed by atoms with van der Waals surface area (Å²) in [5.74, 6) is 1.16. The summed E-state index contributed by atoms with van der Waals surface area (Å²) in [5, 5.41) is 3.30. The molecule has 0 amide bonds. The van der Waals surface area contributed by atoms with Gasteiger partial charge in [0.1, 0.15) is 5.75 Å². The summed E-state index contributed by atoms with van der Waals surface area (Å²) in [6.45, 7) is 5.58. The van der Waals surface area contributed by atoms with Crippen molar-refractivity contribution in [1.82, 2.24) is 5.32 Å². The Morgan fingerprint density at radius 2 is 2.00 bits per heavy atom. The Hall–Kier alpha value is -1.07. The maximum absolute atomic E-state index is 11.6. The van der Waals surface area contributed by atoms with Gasteiger partial charge in [-0.25, -0.2) is 8.42 Å². The normalized spacial score (nSPS) is 14.9. The van der Waals surface area contributed by atoms with Crippen LogP contribution < -0.4 is 10.1 Å². The fourth-order valence-corrected chi connectivity index (χ4v) is 3.07. The molecule has 0 aliphatic heterocycles. The minimum absolute atomic E-state index is 0.0776. The molecule has 0 bridgehead atoms. The molecule has 1 aromatic carbocycles. The second kappa shape index (κ2) is 6.91. The van der Waals surface area contributed by atoms with Crippen LogP contribution in [0.4, 0.5) is 0 Å². The van der Waals surface area contributed by atoms with E-state index in [2.05, 4.69) is 5.32 Å². The molecule has 5 heteroatoms. The van der Waals surface area contributed by atoms with E-state index in [0.29, 0.717) is 0 Å². The molecule has 108 valence electrons. The van der Waals surface area contributed by atoms with Gasteiger partial charge in [-0.05, 0) is 31.5 Å². The van der Waals surface area contributed by atoms with Gasteiger partial charge in [0.15, 0.2) is 9.84 Å². The van der Waals surface area contributed by atoms with E-state index < -0.39 is 9.84 Å². The number of methoxy groups -OCH3 is 1. The van der Waals surface area contributed by atoms with E-state index in [0.717, 1.165) is 11.3 Å². The summed E-state index contributed by atoms with van der Waals surface area (Å²) in [5.41, 5.74) is 1.08. The molecule has 0 saturated carbocycles. The van der Waals surface area contributed by atoms with Gasteiger partial charge in [0.25, 0.3) is 0 Å². The number of hydrogen-bond donors (Lipinski definition) is 1. The van der Waals surface area contributed by atoms with Crippen LogP contribution in [-0.2, 0) is 9.84 Å². The standard InChI is InChI=1S/C14H23NO3S/c1-5-19(16,17)10-11(2)15-12(3)13-7-6-8-14(9-13)18-4/h6-9,11-12,15H,5,10H2,1-4H3. The Labute approximate surface area is 116 Å². The maximum Gasteiger partial charge on any atom is 0.151 e. The van der Waals surface area contributed by atoms with E-state index in [1.807, 2.05) is 38.1 Å². The fourth-order valence-electron chi connectivity index (χ4n) is 1.98. The zero-order valence-corrected chi connectivity index (χ0v) is 12.8. The summed E-state index contributed by atoms with van der Waals surface area (Å²) in [4.78, 5) is 0. The maximum atomic E-state index is 11.6. The summed E-state index contributed by atoms with van der Waals surface area (Å²) in [6, 6.07) is 7.78. The highest BCUT2D eigenvalue weighted by Crippen LogP contribution is 2.19. The Morgan fingerprint density at radius 3 is 2.58 bits per heavy atom. The third-order valence-corrected chi connectivity index (χ3v) is 4.96. The van der Waals surface area contributed by atoms with Crippen LogP contribution in [-0.4, -0.2) is 33.1 Å². The predicted octanol–water partition coefficient (Wildman–Crippen LogP) is 2.17. The average Bonchev–Trinajstić information content (AvgIpc) is 2.38. The molecule has 0 radical (unpaired) electrons. The molecule has 2 atom stereocenters. The van der Waals surface area contributed by atoms with Crippen molar-refractivity contribution in [3.63, 3.8) is 0 Å². The summed E-state index contributed by atoms with van der Waals surface area (Å²) >= 11 is 0. The molecule has 0 fully saturated rings. The second-order valence-electron chi connectivity index (χ2n) is 4.76. The number of ether oxygens (including phenoxy) is 1. The van der Waals surface area contributed by atoms with Crippen LogP contribution in [0.3, 0.4) is 0 Å². The molecule has 1 N–H and O–H groups in total. The van der Waals surface area contributed by atoms with Gasteiger partial charge in [-0.3, -0.25) is 0 Å². The van der Waals surface area contributed by atoms with Crippen molar-refractivity contribution in [3.8, 4) is 5.75 Å². The quantitative estimate of drug-likeness (QED) is 0.834. The first-order chi connectivity index (χ1) is 8.88. The van der Waals surface area contributed by atoms with E-state index in [1.54, 1.807) is 14.0 Å². The zero-order chi connectivity index (χ0) is 14.5. The van der Waals surface area contributed by atoms with Crippen LogP contribution in [0, 0.1) is 0 Å². The Kier molecular flexibility index (Phi) is 5.82. The SMILES string of the molecule is CCS(=O)(=O)CC(C)NC(C)c1cccc(OC)c1. The third-order valence-electron chi connectivity index (χ3n) is 3.07. The Bertz CT molecular complexity index is 499. The molecule has 1 rings (SSSR count). The van der Waals surface area contributed by atoms with E-state index in [-0.39, 0.29) is 23.6 Å². The van der Waals surface area contributed by atoms with Gasteiger partial charge in [0, 0.05) is 17.8 Å². The van der Waals surface area contributed by atoms with E-state index in [4.69, 9.17) is 4.74 Å². The summed E-state index contributed by atoms with van der Waals surface area (Å²) in [7, 11) is -1.31. The van der Waals surface area contributed by atoms with Crippen molar-refractivity contribution < 1.29 is 13.2 Å². The Morgan fingerprint density at radius 1 is 1.32 bits per heavy atom. The minimum atomic E-state index is -2.95. The van der Waals surface area contributed by atoms with Crippen LogP contribution in [0.1, 0.15) is 32.4 Å². The number of sulfone groups is 1. The van der Waals surface area contributed by atoms with Crippen LogP contribution >= 0.6 is 0 Å². The van der Waals surface area contributed by atoms with E-state index in [9.17, 15) is 8.42 Å². The first kappa shape index (κ1) is 16.0. The number of hydrogen-bond acceptors (Lipinski definition) is 4. The molecule has 0 saturated heterocycles. The number of benzene rings is 1. The first-order valence-corrected chi connectivity index (χ1v) is 8.30. The van der Waals surface area contributed by atoms with Crippen LogP contribution in [0.15, 0.2) is 24.3 Å². The van der Waals surface area contributed by atoms with Gasteiger partial charge in [-0.1, -0.05) is 19.1 Å². The topological polar surface area (TPSA) is 55.4 Å². The lowest BCUT2D eigenvalue weighted by Crippen LogP contribution is -2.35. The highest BCUT2D eigenvalue weighted by molar-refractivity contribution is 7.91. The lowest BCUT2D eigenvalue weighted by molar-refractivity contribution is 0.412. The van der Waals surface area contributed by atoms with Gasteiger partial charge < -0.3 is 10.1 Å². The van der Waals surface area contributed by atoms with Gasteiger partial charge in [0.05, 0.1) is 12.9 Å². The van der Waals surface area contributed by atoms with Gasteiger partial charge in [-0.2, -0.15) is 0 Å². The van der Waals surface area contributed by atoms with Crippen molar-refractivity contribution in [2.45, 2.75) is 32.9 Å². The van der Waals surface area contributed by atoms with Gasteiger partial charge >= 0.3 is 0 Å². The zero-order valence-electron chi connectivity index (χ0n) is 12.0. The van der Waals surface area contributed by atoms with Crippen molar-refractivity contribution in [3.05, 3.63) is 29.8 Å². The lowest BCUT2D eigenvalue weighted by Gasteiger charge is -2.20. The second-order valence-corrected chi connectivity index (χ2v) is 7.16. The molecule has 4 nitrogen and oxygen atoms in total. The molecule has 0 aliphatic rings. The van der Waals surface area contributed by atoms with Gasteiger partial charge in [0.2, 0.25) is 0 Å². The summed E-state index contributed by atoms with van der Waals surface area (Å²) in [6.07, 6.45) is 0. The van der Waals surface area contributed by atoms with Gasteiger partial charge in [-0.15, -0.1) is 0 Å². The molecule has 0 spiro atoms. The average molecular weight is 285 g/mol. The molecule has 2 unspecified atom stereocenters. The molecule has 0 aliphatic carbocycles. The van der Waals surface area contributed by atoms with Crippen LogP contribution in [0.2, 0.25) is 0 Å². The van der Waals surface area contributed by atoms with Crippen LogP contribution in [0.25, 0.3) is 0 Å². The third kappa shape index (κ3) is 5.20. The van der Waals surface area contributed by atoms with Crippen molar-refractivity contribution >= 4 is 9.84 Å². The molecular weight excluding hydrogens is 262 g/mol. The number of nitrogens with one attached hydrogen (secondary N) is 1. The Balaban J connectivity index is 2.66. The molecular formula is C14H23NO3S.